The first-order valence-corrected chi connectivity index (χ1v) is 14.5. The summed E-state index contributed by atoms with van der Waals surface area (Å²) in [7, 11) is 3.51. The highest BCUT2D eigenvalue weighted by atomic mass is 35.5. The van der Waals surface area contributed by atoms with Gasteiger partial charge in [0, 0.05) is 60.9 Å². The van der Waals surface area contributed by atoms with Crippen LogP contribution in [-0.4, -0.2) is 90.8 Å². The van der Waals surface area contributed by atoms with Crippen molar-refractivity contribution >= 4 is 35.1 Å². The van der Waals surface area contributed by atoms with Crippen molar-refractivity contribution in [3.63, 3.8) is 0 Å². The molecule has 2 aliphatic rings. The van der Waals surface area contributed by atoms with Gasteiger partial charge in [-0.2, -0.15) is 0 Å². The van der Waals surface area contributed by atoms with Crippen molar-refractivity contribution in [3.05, 3.63) is 58.3 Å². The quantitative estimate of drug-likeness (QED) is 0.385. The van der Waals surface area contributed by atoms with Crippen molar-refractivity contribution in [3.8, 4) is 23.0 Å². The molecule has 2 aromatic heterocycles. The lowest BCUT2D eigenvalue weighted by molar-refractivity contribution is 0.155. The van der Waals surface area contributed by atoms with E-state index in [-0.39, 0.29) is 6.09 Å². The molecular formula is C29H35Cl2N7O3. The number of amides is 1. The minimum atomic E-state index is -0.385. The minimum absolute atomic E-state index is 0.376. The molecule has 0 spiro atoms. The van der Waals surface area contributed by atoms with E-state index >= 15 is 0 Å². The Morgan fingerprint density at radius 1 is 0.951 bits per heavy atom. The number of nitrogens with one attached hydrogen (secondary N) is 1. The van der Waals surface area contributed by atoms with Gasteiger partial charge in [-0.15, -0.1) is 0 Å². The van der Waals surface area contributed by atoms with Crippen LogP contribution in [0.1, 0.15) is 18.4 Å². The maximum atomic E-state index is 11.4. The number of carbonyl (C=O) groups excluding carboxylic acids is 1. The van der Waals surface area contributed by atoms with Crippen molar-refractivity contribution in [2.75, 3.05) is 64.9 Å². The lowest BCUT2D eigenvalue weighted by Crippen LogP contribution is -2.44. The highest BCUT2D eigenvalue weighted by molar-refractivity contribution is 6.35. The lowest BCUT2D eigenvalue weighted by Gasteiger charge is -2.32. The monoisotopic (exact) mass is 599 g/mol. The van der Waals surface area contributed by atoms with Crippen LogP contribution in [0.25, 0.3) is 11.3 Å². The number of piperidine rings is 1. The molecule has 1 N–H and O–H groups in total. The smallest absolute Gasteiger partial charge is 0.406 e. The van der Waals surface area contributed by atoms with E-state index in [1.165, 1.54) is 7.11 Å². The molecule has 1 aromatic carbocycles. The summed E-state index contributed by atoms with van der Waals surface area (Å²) in [5, 5.41) is 3.89. The molecule has 218 valence electrons. The van der Waals surface area contributed by atoms with Gasteiger partial charge in [0.2, 0.25) is 11.8 Å². The highest BCUT2D eigenvalue weighted by Gasteiger charge is 2.21. The number of likely N-dealkylation sites (tertiary alicyclic amines) is 1. The van der Waals surface area contributed by atoms with E-state index in [1.54, 1.807) is 18.5 Å². The lowest BCUT2D eigenvalue weighted by atomic mass is 9.96. The number of likely N-dealkylation sites (N-methyl/N-ethyl adjacent to an activating group) is 1. The van der Waals surface area contributed by atoms with Gasteiger partial charge in [0.25, 0.3) is 0 Å². The first kappa shape index (κ1) is 29.3. The summed E-state index contributed by atoms with van der Waals surface area (Å²) in [6.07, 6.45) is 4.99. The molecule has 0 saturated carbocycles. The molecule has 5 rings (SSSR count). The van der Waals surface area contributed by atoms with Crippen molar-refractivity contribution < 1.29 is 14.3 Å². The second-order valence-electron chi connectivity index (χ2n) is 10.6. The molecule has 0 aliphatic carbocycles. The van der Waals surface area contributed by atoms with Gasteiger partial charge in [-0.05, 0) is 68.7 Å². The first-order chi connectivity index (χ1) is 19.8. The molecule has 4 heterocycles. The summed E-state index contributed by atoms with van der Waals surface area (Å²) in [4.78, 5) is 32.2. The minimum Gasteiger partial charge on any atom is -0.453 e. The molecule has 41 heavy (non-hydrogen) atoms. The fourth-order valence-electron chi connectivity index (χ4n) is 5.13. The van der Waals surface area contributed by atoms with Crippen LogP contribution in [0.2, 0.25) is 10.0 Å². The third-order valence-corrected chi connectivity index (χ3v) is 7.94. The highest BCUT2D eigenvalue weighted by Crippen LogP contribution is 2.30. The van der Waals surface area contributed by atoms with E-state index in [0.717, 1.165) is 75.6 Å². The number of pyridine rings is 1. The number of ether oxygens (including phenoxy) is 2. The number of nitrogens with zero attached hydrogens (tertiary/aromatic N) is 6. The summed E-state index contributed by atoms with van der Waals surface area (Å²) in [5.41, 5.74) is 2.56. The number of piperazine rings is 1. The number of rotatable bonds is 8. The van der Waals surface area contributed by atoms with Gasteiger partial charge >= 0.3 is 6.09 Å². The Labute approximate surface area is 250 Å². The average molecular weight is 601 g/mol. The molecule has 0 bridgehead atoms. The molecule has 12 heteroatoms. The summed E-state index contributed by atoms with van der Waals surface area (Å²) < 4.78 is 10.8. The number of hydrogen-bond acceptors (Lipinski definition) is 9. The van der Waals surface area contributed by atoms with Crippen LogP contribution in [0.5, 0.6) is 11.8 Å². The van der Waals surface area contributed by atoms with E-state index < -0.39 is 0 Å². The van der Waals surface area contributed by atoms with Gasteiger partial charge in [-0.25, -0.2) is 19.7 Å². The van der Waals surface area contributed by atoms with Crippen LogP contribution in [0.3, 0.4) is 0 Å². The third-order valence-electron chi connectivity index (χ3n) is 7.50. The van der Waals surface area contributed by atoms with Gasteiger partial charge in [-0.1, -0.05) is 23.2 Å². The van der Waals surface area contributed by atoms with Crippen molar-refractivity contribution in [2.45, 2.75) is 19.4 Å². The maximum absolute atomic E-state index is 11.4. The van der Waals surface area contributed by atoms with E-state index in [1.807, 2.05) is 24.3 Å². The summed E-state index contributed by atoms with van der Waals surface area (Å²) >= 11 is 12.6. The zero-order valence-corrected chi connectivity index (χ0v) is 24.9. The number of benzene rings is 1. The summed E-state index contributed by atoms with van der Waals surface area (Å²) in [6.45, 7) is 7.02. The number of alkyl carbamates (subject to hydrolysis) is 1. The number of hydrogen-bond donors (Lipinski definition) is 1. The Bertz CT molecular complexity index is 1310. The molecule has 2 fully saturated rings. The van der Waals surface area contributed by atoms with Crippen LogP contribution >= 0.6 is 23.2 Å². The van der Waals surface area contributed by atoms with E-state index in [9.17, 15) is 4.79 Å². The van der Waals surface area contributed by atoms with Crippen LogP contribution < -0.4 is 15.0 Å². The zero-order valence-electron chi connectivity index (χ0n) is 23.4. The zero-order chi connectivity index (χ0) is 28.8. The van der Waals surface area contributed by atoms with Crippen LogP contribution in [0.15, 0.2) is 42.7 Å². The topological polar surface area (TPSA) is 95.9 Å². The first-order valence-electron chi connectivity index (χ1n) is 13.8. The molecule has 2 saturated heterocycles. The average Bonchev–Trinajstić information content (AvgIpc) is 2.97. The number of aromatic nitrogens is 3. The predicted molar refractivity (Wildman–Crippen MR) is 160 cm³/mol. The van der Waals surface area contributed by atoms with Gasteiger partial charge in [0.1, 0.15) is 5.82 Å². The molecule has 1 amide bonds. The molecule has 0 radical (unpaired) electrons. The van der Waals surface area contributed by atoms with Crippen LogP contribution in [0.4, 0.5) is 10.6 Å². The second-order valence-corrected chi connectivity index (χ2v) is 11.4. The van der Waals surface area contributed by atoms with Gasteiger partial charge in [0.15, 0.2) is 0 Å². The van der Waals surface area contributed by atoms with Gasteiger partial charge in [0.05, 0.1) is 25.2 Å². The standard InChI is InChI=1S/C29H35Cl2N7O3/c1-36-7-9-38(10-8-36)26-17-33-28(18-32-26)41-27-12-21(11-25(35-27)22-13-23(30)15-24(31)14-22)19-37-5-3-20(4-6-37)16-34-29(39)40-2/h11-15,17-18,20H,3-10,16,19H2,1-2H3,(H,34,39). The van der Waals surface area contributed by atoms with Crippen molar-refractivity contribution in [2.24, 2.45) is 5.92 Å². The van der Waals surface area contributed by atoms with Crippen LogP contribution in [-0.2, 0) is 11.3 Å². The van der Waals surface area contributed by atoms with Crippen molar-refractivity contribution in [1.29, 1.82) is 0 Å². The second kappa shape index (κ2) is 13.7. The normalized spacial score (nSPS) is 16.9. The summed E-state index contributed by atoms with van der Waals surface area (Å²) in [6, 6.07) is 9.37. The Morgan fingerprint density at radius 2 is 1.68 bits per heavy atom. The number of methoxy groups -OCH3 is 1. The molecule has 2 aliphatic heterocycles. The SMILES string of the molecule is COC(=O)NCC1CCN(Cc2cc(Oc3cnc(N4CCN(C)CC4)cn3)nc(-c3cc(Cl)cc(Cl)c3)c2)CC1. The number of halogens is 2. The Balaban J connectivity index is 1.31. The Morgan fingerprint density at radius 3 is 2.34 bits per heavy atom. The molecular weight excluding hydrogens is 565 g/mol. The van der Waals surface area contributed by atoms with E-state index in [0.29, 0.717) is 40.0 Å². The largest absolute Gasteiger partial charge is 0.453 e. The van der Waals surface area contributed by atoms with E-state index in [4.69, 9.17) is 32.9 Å². The maximum Gasteiger partial charge on any atom is 0.406 e. The Kier molecular flexibility index (Phi) is 9.76. The number of anilines is 1. The fourth-order valence-corrected chi connectivity index (χ4v) is 5.65. The molecule has 0 unspecified atom stereocenters. The number of carbonyl (C=O) groups is 1. The van der Waals surface area contributed by atoms with Gasteiger partial charge in [-0.3, -0.25) is 4.90 Å². The third kappa shape index (κ3) is 8.19. The predicted octanol–water partition coefficient (Wildman–Crippen LogP) is 4.96. The van der Waals surface area contributed by atoms with Crippen LogP contribution in [0, 0.1) is 5.92 Å². The Hall–Kier alpha value is -3.18. The van der Waals surface area contributed by atoms with Gasteiger partial charge < -0.3 is 24.6 Å². The fraction of sp³-hybridized carbons (Fsp3) is 0.448. The van der Waals surface area contributed by atoms with E-state index in [2.05, 4.69) is 41.8 Å². The molecule has 10 nitrogen and oxygen atoms in total. The van der Waals surface area contributed by atoms with Crippen molar-refractivity contribution in [1.82, 2.24) is 30.1 Å². The summed E-state index contributed by atoms with van der Waals surface area (Å²) in [5.74, 6) is 2.07. The molecule has 0 atom stereocenters. The molecule has 3 aromatic rings.